The fourth-order valence-electron chi connectivity index (χ4n) is 1.44. The van der Waals surface area contributed by atoms with Crippen molar-refractivity contribution in [2.75, 3.05) is 19.0 Å². The van der Waals surface area contributed by atoms with Gasteiger partial charge in [0.05, 0.1) is 6.04 Å². The molecule has 1 aliphatic heterocycles. The maximum atomic E-state index is 5.63. The minimum Gasteiger partial charge on any atom is -0.345 e. The summed E-state index contributed by atoms with van der Waals surface area (Å²) in [6, 6.07) is 0.384. The van der Waals surface area contributed by atoms with Gasteiger partial charge in [0.15, 0.2) is 0 Å². The van der Waals surface area contributed by atoms with E-state index < -0.39 is 5.79 Å². The Morgan fingerprint density at radius 2 is 2.00 bits per heavy atom. The molecule has 0 aromatic rings. The van der Waals surface area contributed by atoms with Gasteiger partial charge < -0.3 is 9.47 Å². The zero-order chi connectivity index (χ0) is 10.6. The lowest BCUT2D eigenvalue weighted by Crippen LogP contribution is -2.39. The van der Waals surface area contributed by atoms with Crippen LogP contribution in [0, 0.1) is 0 Å². The van der Waals surface area contributed by atoms with E-state index in [1.807, 2.05) is 20.8 Å². The molecule has 0 bridgehead atoms. The molecule has 4 heteroatoms. The highest BCUT2D eigenvalue weighted by atomic mass is 32.2. The summed E-state index contributed by atoms with van der Waals surface area (Å²) in [6.07, 6.45) is 0. The molecule has 0 aromatic heterocycles. The van der Waals surface area contributed by atoms with E-state index in [0.29, 0.717) is 19.3 Å². The van der Waals surface area contributed by atoms with Gasteiger partial charge in [-0.25, -0.2) is 0 Å². The minimum absolute atomic E-state index is 0.384. The molecule has 82 valence electrons. The lowest BCUT2D eigenvalue weighted by molar-refractivity contribution is -0.168. The molecule has 1 atom stereocenters. The van der Waals surface area contributed by atoms with Gasteiger partial charge in [0.25, 0.3) is 0 Å². The second-order valence-corrected chi connectivity index (χ2v) is 4.41. The predicted octanol–water partition coefficient (Wildman–Crippen LogP) is 2.31. The van der Waals surface area contributed by atoms with Crippen LogP contribution >= 0.6 is 11.8 Å². The van der Waals surface area contributed by atoms with Gasteiger partial charge in [-0.3, -0.25) is 4.99 Å². The molecular weight excluding hydrogens is 198 g/mol. The van der Waals surface area contributed by atoms with Gasteiger partial charge in [-0.2, -0.15) is 0 Å². The molecule has 1 aliphatic rings. The van der Waals surface area contributed by atoms with Crippen molar-refractivity contribution in [3.63, 3.8) is 0 Å². The molecule has 0 saturated carbocycles. The maximum Gasteiger partial charge on any atom is 0.215 e. The van der Waals surface area contributed by atoms with E-state index in [2.05, 4.69) is 11.9 Å². The van der Waals surface area contributed by atoms with Crippen LogP contribution in [0.5, 0.6) is 0 Å². The van der Waals surface area contributed by atoms with Crippen LogP contribution in [0.4, 0.5) is 0 Å². The molecular formula is C10H19NO2S. The number of ether oxygens (including phenoxy) is 2. The Labute approximate surface area is 90.3 Å². The van der Waals surface area contributed by atoms with E-state index in [4.69, 9.17) is 9.47 Å². The van der Waals surface area contributed by atoms with Crippen molar-refractivity contribution in [1.29, 1.82) is 0 Å². The van der Waals surface area contributed by atoms with Crippen molar-refractivity contribution in [2.45, 2.75) is 39.5 Å². The van der Waals surface area contributed by atoms with Crippen LogP contribution in [-0.2, 0) is 9.47 Å². The van der Waals surface area contributed by atoms with Gasteiger partial charge in [-0.1, -0.05) is 0 Å². The van der Waals surface area contributed by atoms with Crippen LogP contribution in [0.3, 0.4) is 0 Å². The lowest BCUT2D eigenvalue weighted by Gasteiger charge is -2.28. The molecule has 0 amide bonds. The molecule has 1 heterocycles. The maximum absolute atomic E-state index is 5.63. The standard InChI is InChI=1S/C10H19NO2S/c1-5-12-10(4,13-6-2)9-11-8(3)7-14-9/h8H,5-7H2,1-4H3/t8-/m0/s1. The van der Waals surface area contributed by atoms with E-state index in [1.54, 1.807) is 11.8 Å². The minimum atomic E-state index is -0.626. The summed E-state index contributed by atoms with van der Waals surface area (Å²) < 4.78 is 11.3. The molecule has 0 N–H and O–H groups in total. The van der Waals surface area contributed by atoms with Crippen molar-refractivity contribution >= 4 is 16.8 Å². The number of hydrogen-bond acceptors (Lipinski definition) is 4. The Balaban J connectivity index is 2.71. The van der Waals surface area contributed by atoms with Gasteiger partial charge in [-0.15, -0.1) is 11.8 Å². The smallest absolute Gasteiger partial charge is 0.215 e. The van der Waals surface area contributed by atoms with E-state index in [1.165, 1.54) is 0 Å². The predicted molar refractivity (Wildman–Crippen MR) is 61.0 cm³/mol. The summed E-state index contributed by atoms with van der Waals surface area (Å²) in [7, 11) is 0. The van der Waals surface area contributed by atoms with Crippen LogP contribution in [-0.4, -0.2) is 35.8 Å². The first-order chi connectivity index (χ1) is 6.62. The normalized spacial score (nSPS) is 22.6. The topological polar surface area (TPSA) is 30.8 Å². The molecule has 3 nitrogen and oxygen atoms in total. The Hall–Kier alpha value is -0.0600. The molecule has 0 aliphatic carbocycles. The Morgan fingerprint density at radius 3 is 2.36 bits per heavy atom. The van der Waals surface area contributed by atoms with Crippen molar-refractivity contribution in [1.82, 2.24) is 0 Å². The highest BCUT2D eigenvalue weighted by molar-refractivity contribution is 8.14. The Morgan fingerprint density at radius 1 is 1.43 bits per heavy atom. The average Bonchev–Trinajstić information content (AvgIpc) is 2.53. The molecule has 0 radical (unpaired) electrons. The van der Waals surface area contributed by atoms with Crippen LogP contribution in [0.1, 0.15) is 27.7 Å². The summed E-state index contributed by atoms with van der Waals surface area (Å²) in [5.74, 6) is 0.407. The van der Waals surface area contributed by atoms with E-state index >= 15 is 0 Å². The number of aliphatic imine (C=N–C) groups is 1. The third-order valence-corrected chi connectivity index (χ3v) is 3.43. The highest BCUT2D eigenvalue weighted by Crippen LogP contribution is 2.29. The Kier molecular flexibility index (Phi) is 4.41. The third-order valence-electron chi connectivity index (χ3n) is 2.03. The molecule has 0 fully saturated rings. The van der Waals surface area contributed by atoms with Gasteiger partial charge in [0.1, 0.15) is 5.04 Å². The molecule has 1 rings (SSSR count). The van der Waals surface area contributed by atoms with Gasteiger partial charge in [0, 0.05) is 19.0 Å². The number of nitrogens with zero attached hydrogens (tertiary/aromatic N) is 1. The second kappa shape index (κ2) is 5.14. The lowest BCUT2D eigenvalue weighted by atomic mass is 10.3. The molecule has 0 spiro atoms. The summed E-state index contributed by atoms with van der Waals surface area (Å²) in [4.78, 5) is 4.53. The first-order valence-electron chi connectivity index (χ1n) is 5.11. The van der Waals surface area contributed by atoms with Crippen molar-refractivity contribution in [3.05, 3.63) is 0 Å². The van der Waals surface area contributed by atoms with Crippen molar-refractivity contribution in [2.24, 2.45) is 4.99 Å². The fraction of sp³-hybridized carbons (Fsp3) is 0.900. The average molecular weight is 217 g/mol. The zero-order valence-corrected chi connectivity index (χ0v) is 10.2. The molecule has 0 saturated heterocycles. The third kappa shape index (κ3) is 2.72. The van der Waals surface area contributed by atoms with Gasteiger partial charge in [0.2, 0.25) is 5.79 Å². The Bertz CT molecular complexity index is 212. The van der Waals surface area contributed by atoms with Gasteiger partial charge >= 0.3 is 0 Å². The quantitative estimate of drug-likeness (QED) is 0.662. The monoisotopic (exact) mass is 217 g/mol. The fourth-order valence-corrected chi connectivity index (χ4v) is 2.55. The van der Waals surface area contributed by atoms with E-state index in [0.717, 1.165) is 10.8 Å². The number of thioether (sulfide) groups is 1. The van der Waals surface area contributed by atoms with Crippen molar-refractivity contribution < 1.29 is 9.47 Å². The summed E-state index contributed by atoms with van der Waals surface area (Å²) >= 11 is 1.74. The largest absolute Gasteiger partial charge is 0.345 e. The summed E-state index contributed by atoms with van der Waals surface area (Å²) in [6.45, 7) is 9.29. The SMILES string of the molecule is CCOC(C)(OCC)C1=N[C@@H](C)CS1. The van der Waals surface area contributed by atoms with E-state index in [-0.39, 0.29) is 0 Å². The summed E-state index contributed by atoms with van der Waals surface area (Å²) in [5, 5.41) is 0.980. The number of rotatable bonds is 5. The zero-order valence-electron chi connectivity index (χ0n) is 9.37. The first-order valence-corrected chi connectivity index (χ1v) is 6.10. The van der Waals surface area contributed by atoms with Crippen LogP contribution in [0.15, 0.2) is 4.99 Å². The first kappa shape index (κ1) is 12.0. The van der Waals surface area contributed by atoms with Crippen LogP contribution in [0.25, 0.3) is 0 Å². The molecule has 0 aromatic carbocycles. The molecule has 0 unspecified atom stereocenters. The highest BCUT2D eigenvalue weighted by Gasteiger charge is 2.35. The van der Waals surface area contributed by atoms with Gasteiger partial charge in [-0.05, 0) is 27.7 Å². The second-order valence-electron chi connectivity index (χ2n) is 3.41. The van der Waals surface area contributed by atoms with Crippen LogP contribution in [0.2, 0.25) is 0 Å². The summed E-state index contributed by atoms with van der Waals surface area (Å²) in [5.41, 5.74) is 0. The molecule has 14 heavy (non-hydrogen) atoms. The van der Waals surface area contributed by atoms with Crippen molar-refractivity contribution in [3.8, 4) is 0 Å². The van der Waals surface area contributed by atoms with E-state index in [9.17, 15) is 0 Å². The van der Waals surface area contributed by atoms with Crippen LogP contribution < -0.4 is 0 Å². The number of hydrogen-bond donors (Lipinski definition) is 0.